The van der Waals surface area contributed by atoms with E-state index in [1.165, 1.54) is 44.1 Å². The summed E-state index contributed by atoms with van der Waals surface area (Å²) in [6, 6.07) is 6.05. The molecule has 1 aromatic rings. The van der Waals surface area contributed by atoms with E-state index in [4.69, 9.17) is 4.74 Å². The van der Waals surface area contributed by atoms with E-state index in [9.17, 15) is 4.79 Å². The number of methoxy groups -OCH3 is 1. The van der Waals surface area contributed by atoms with E-state index in [-0.39, 0.29) is 5.92 Å². The molecular formula is C21H26O2. The molecule has 5 aliphatic rings. The van der Waals surface area contributed by atoms with Crippen molar-refractivity contribution in [1.29, 1.82) is 0 Å². The Morgan fingerprint density at radius 1 is 1.04 bits per heavy atom. The molecule has 6 rings (SSSR count). The zero-order chi connectivity index (χ0) is 15.6. The summed E-state index contributed by atoms with van der Waals surface area (Å²) in [6.45, 7) is 0. The first-order valence-corrected chi connectivity index (χ1v) is 9.38. The minimum absolute atomic E-state index is 0.289. The van der Waals surface area contributed by atoms with Gasteiger partial charge in [0.05, 0.1) is 7.11 Å². The quantitative estimate of drug-likeness (QED) is 0.794. The van der Waals surface area contributed by atoms with Gasteiger partial charge in [-0.2, -0.15) is 0 Å². The van der Waals surface area contributed by atoms with Gasteiger partial charge in [0, 0.05) is 11.5 Å². The Hall–Kier alpha value is -1.31. The number of carbonyl (C=O) groups excluding carboxylic acids is 1. The average Bonchev–Trinajstić information content (AvgIpc) is 2.53. The highest BCUT2D eigenvalue weighted by atomic mass is 16.5. The van der Waals surface area contributed by atoms with Crippen LogP contribution in [0.5, 0.6) is 5.75 Å². The van der Waals surface area contributed by atoms with Gasteiger partial charge in [0.15, 0.2) is 5.78 Å². The summed E-state index contributed by atoms with van der Waals surface area (Å²) in [6.07, 6.45) is 10.5. The predicted octanol–water partition coefficient (Wildman–Crippen LogP) is 4.66. The maximum absolute atomic E-state index is 13.3. The summed E-state index contributed by atoms with van der Waals surface area (Å²) >= 11 is 0. The van der Waals surface area contributed by atoms with Crippen molar-refractivity contribution < 1.29 is 9.53 Å². The second kappa shape index (κ2) is 4.84. The standard InChI is InChI=1S/C21H26O2/c1-23-17-3-4-18-16(9-17)2-5-19(20(18)22)21-10-13-6-14(11-21)8-15(7-13)12-21/h3-4,9,13-15,19H,2,5-8,10-12H2,1H3. The summed E-state index contributed by atoms with van der Waals surface area (Å²) in [5.74, 6) is 4.38. The zero-order valence-electron chi connectivity index (χ0n) is 14.0. The van der Waals surface area contributed by atoms with Crippen LogP contribution in [0.25, 0.3) is 0 Å². The largest absolute Gasteiger partial charge is 0.497 e. The molecule has 0 amide bonds. The number of hydrogen-bond acceptors (Lipinski definition) is 2. The van der Waals surface area contributed by atoms with Gasteiger partial charge in [-0.3, -0.25) is 4.79 Å². The van der Waals surface area contributed by atoms with Crippen LogP contribution in [-0.4, -0.2) is 12.9 Å². The molecule has 0 radical (unpaired) electrons. The van der Waals surface area contributed by atoms with Crippen LogP contribution in [0.1, 0.15) is 60.9 Å². The Morgan fingerprint density at radius 2 is 1.70 bits per heavy atom. The molecule has 5 aliphatic carbocycles. The van der Waals surface area contributed by atoms with Crippen LogP contribution in [0.3, 0.4) is 0 Å². The van der Waals surface area contributed by atoms with Crippen molar-refractivity contribution in [2.75, 3.05) is 7.11 Å². The lowest BCUT2D eigenvalue weighted by Crippen LogP contribution is -2.52. The summed E-state index contributed by atoms with van der Waals surface area (Å²) < 4.78 is 5.33. The maximum atomic E-state index is 13.3. The number of carbonyl (C=O) groups is 1. The van der Waals surface area contributed by atoms with Crippen molar-refractivity contribution in [2.45, 2.75) is 51.4 Å². The smallest absolute Gasteiger partial charge is 0.166 e. The third-order valence-corrected chi connectivity index (χ3v) is 7.42. The molecule has 0 saturated heterocycles. The van der Waals surface area contributed by atoms with Crippen molar-refractivity contribution in [3.8, 4) is 5.75 Å². The van der Waals surface area contributed by atoms with E-state index >= 15 is 0 Å². The van der Waals surface area contributed by atoms with Gasteiger partial charge in [-0.05, 0) is 98.3 Å². The van der Waals surface area contributed by atoms with Crippen molar-refractivity contribution in [3.05, 3.63) is 29.3 Å². The number of benzene rings is 1. The molecule has 1 unspecified atom stereocenters. The van der Waals surface area contributed by atoms with Crippen LogP contribution in [0.4, 0.5) is 0 Å². The van der Waals surface area contributed by atoms with Crippen LogP contribution in [0.15, 0.2) is 18.2 Å². The lowest BCUT2D eigenvalue weighted by Gasteiger charge is -2.59. The molecule has 4 fully saturated rings. The summed E-state index contributed by atoms with van der Waals surface area (Å²) in [7, 11) is 1.70. The van der Waals surface area contributed by atoms with E-state index in [0.717, 1.165) is 41.9 Å². The minimum atomic E-state index is 0.289. The van der Waals surface area contributed by atoms with E-state index < -0.39 is 0 Å². The van der Waals surface area contributed by atoms with E-state index in [2.05, 4.69) is 6.07 Å². The second-order valence-electron chi connectivity index (χ2n) is 8.76. The van der Waals surface area contributed by atoms with E-state index in [1.54, 1.807) is 7.11 Å². The molecule has 2 nitrogen and oxygen atoms in total. The average molecular weight is 310 g/mol. The van der Waals surface area contributed by atoms with E-state index in [1.807, 2.05) is 12.1 Å². The molecule has 4 saturated carbocycles. The fourth-order valence-corrected chi connectivity index (χ4v) is 6.95. The van der Waals surface area contributed by atoms with Crippen LogP contribution in [0, 0.1) is 29.1 Å². The van der Waals surface area contributed by atoms with Gasteiger partial charge in [0.25, 0.3) is 0 Å². The molecule has 0 heterocycles. The van der Waals surface area contributed by atoms with Crippen LogP contribution in [-0.2, 0) is 6.42 Å². The molecule has 1 atom stereocenters. The summed E-state index contributed by atoms with van der Waals surface area (Å²) in [4.78, 5) is 13.3. The first-order chi connectivity index (χ1) is 11.2. The first-order valence-electron chi connectivity index (χ1n) is 9.38. The number of rotatable bonds is 2. The Balaban J connectivity index is 1.49. The molecule has 0 aromatic heterocycles. The highest BCUT2D eigenvalue weighted by Crippen LogP contribution is 2.64. The van der Waals surface area contributed by atoms with Gasteiger partial charge in [0.1, 0.15) is 5.75 Å². The third kappa shape index (κ3) is 2.03. The molecule has 0 spiro atoms. The number of Topliss-reactive ketones (excluding diaryl/α,β-unsaturated/α-hetero) is 1. The van der Waals surface area contributed by atoms with Crippen LogP contribution in [0.2, 0.25) is 0 Å². The molecule has 122 valence electrons. The summed E-state index contributed by atoms with van der Waals surface area (Å²) in [5.41, 5.74) is 2.54. The minimum Gasteiger partial charge on any atom is -0.497 e. The van der Waals surface area contributed by atoms with Crippen LogP contribution >= 0.6 is 0 Å². The molecule has 0 N–H and O–H groups in total. The number of fused-ring (bicyclic) bond motifs is 1. The van der Waals surface area contributed by atoms with Crippen molar-refractivity contribution in [1.82, 2.24) is 0 Å². The highest BCUT2D eigenvalue weighted by molar-refractivity contribution is 6.00. The monoisotopic (exact) mass is 310 g/mol. The topological polar surface area (TPSA) is 26.3 Å². The molecule has 4 bridgehead atoms. The fourth-order valence-electron chi connectivity index (χ4n) is 6.95. The van der Waals surface area contributed by atoms with Gasteiger partial charge in [-0.25, -0.2) is 0 Å². The SMILES string of the molecule is COc1ccc2c(c1)CCC(C13CC4CC(CC(C4)C1)C3)C2=O. The van der Waals surface area contributed by atoms with Crippen molar-refractivity contribution in [3.63, 3.8) is 0 Å². The lowest BCUT2D eigenvalue weighted by atomic mass is 9.45. The Morgan fingerprint density at radius 3 is 2.30 bits per heavy atom. The number of aryl methyl sites for hydroxylation is 1. The number of ether oxygens (including phenoxy) is 1. The predicted molar refractivity (Wildman–Crippen MR) is 89.7 cm³/mol. The third-order valence-electron chi connectivity index (χ3n) is 7.42. The lowest BCUT2D eigenvalue weighted by molar-refractivity contribution is -0.0804. The zero-order valence-corrected chi connectivity index (χ0v) is 14.0. The van der Waals surface area contributed by atoms with Crippen LogP contribution < -0.4 is 4.74 Å². The van der Waals surface area contributed by atoms with Crippen molar-refractivity contribution >= 4 is 5.78 Å². The highest BCUT2D eigenvalue weighted by Gasteiger charge is 2.56. The van der Waals surface area contributed by atoms with Gasteiger partial charge >= 0.3 is 0 Å². The van der Waals surface area contributed by atoms with Gasteiger partial charge in [-0.15, -0.1) is 0 Å². The molecule has 2 heteroatoms. The first kappa shape index (κ1) is 14.1. The molecular weight excluding hydrogens is 284 g/mol. The Kier molecular flexibility index (Phi) is 2.96. The normalized spacial score (nSPS) is 41.0. The van der Waals surface area contributed by atoms with Gasteiger partial charge < -0.3 is 4.74 Å². The maximum Gasteiger partial charge on any atom is 0.166 e. The number of hydrogen-bond donors (Lipinski definition) is 0. The fraction of sp³-hybridized carbons (Fsp3) is 0.667. The molecule has 0 aliphatic heterocycles. The van der Waals surface area contributed by atoms with E-state index in [0.29, 0.717) is 11.2 Å². The van der Waals surface area contributed by atoms with Gasteiger partial charge in [-0.1, -0.05) is 0 Å². The van der Waals surface area contributed by atoms with Gasteiger partial charge in [0.2, 0.25) is 0 Å². The second-order valence-corrected chi connectivity index (χ2v) is 8.76. The number of ketones is 1. The van der Waals surface area contributed by atoms with Crippen molar-refractivity contribution in [2.24, 2.45) is 29.1 Å². The summed E-state index contributed by atoms with van der Waals surface area (Å²) in [5, 5.41) is 0. The molecule has 23 heavy (non-hydrogen) atoms. The Bertz CT molecular complexity index is 625. The Labute approximate surface area is 138 Å². The molecule has 1 aromatic carbocycles.